The number of hydrogen-bond donors (Lipinski definition) is 3. The first-order chi connectivity index (χ1) is 14.2. The number of hydrogen-bond acceptors (Lipinski definition) is 4. The fraction of sp³-hybridized carbons (Fsp3) is 0.500. The lowest BCUT2D eigenvalue weighted by atomic mass is 9.89. The SMILES string of the molecule is CCCN1CCC(CC(N)[C@H](O)COc2cccc3[nH]c4ccccc4c23)CC1. The van der Waals surface area contributed by atoms with Crippen molar-refractivity contribution >= 4 is 21.8 Å². The van der Waals surface area contributed by atoms with Crippen LogP contribution in [0.25, 0.3) is 21.8 Å². The van der Waals surface area contributed by atoms with Gasteiger partial charge in [0.25, 0.3) is 0 Å². The largest absolute Gasteiger partial charge is 0.490 e. The molecule has 0 spiro atoms. The highest BCUT2D eigenvalue weighted by molar-refractivity contribution is 6.10. The Morgan fingerprint density at radius 1 is 1.14 bits per heavy atom. The second-order valence-corrected chi connectivity index (χ2v) is 8.41. The van der Waals surface area contributed by atoms with Gasteiger partial charge in [-0.05, 0) is 69.4 Å². The van der Waals surface area contributed by atoms with Gasteiger partial charge in [0.05, 0.1) is 5.52 Å². The van der Waals surface area contributed by atoms with Gasteiger partial charge in [-0.2, -0.15) is 0 Å². The third kappa shape index (κ3) is 4.58. The summed E-state index contributed by atoms with van der Waals surface area (Å²) in [6.45, 7) is 5.94. The highest BCUT2D eigenvalue weighted by Gasteiger charge is 2.24. The Bertz CT molecular complexity index is 930. The summed E-state index contributed by atoms with van der Waals surface area (Å²) in [6.07, 6.45) is 3.76. The minimum Gasteiger partial charge on any atom is -0.490 e. The monoisotopic (exact) mass is 395 g/mol. The van der Waals surface area contributed by atoms with Crippen molar-refractivity contribution in [1.29, 1.82) is 0 Å². The number of fused-ring (bicyclic) bond motifs is 3. The highest BCUT2D eigenvalue weighted by atomic mass is 16.5. The number of aromatic amines is 1. The molecule has 3 aromatic rings. The molecule has 29 heavy (non-hydrogen) atoms. The molecule has 1 aromatic heterocycles. The Hall–Kier alpha value is -2.08. The second kappa shape index (κ2) is 9.16. The Morgan fingerprint density at radius 2 is 1.90 bits per heavy atom. The molecule has 0 aliphatic carbocycles. The number of nitrogens with zero attached hydrogens (tertiary/aromatic N) is 1. The van der Waals surface area contributed by atoms with E-state index in [1.54, 1.807) is 0 Å². The number of rotatable bonds is 8. The van der Waals surface area contributed by atoms with Crippen molar-refractivity contribution in [2.24, 2.45) is 11.7 Å². The number of benzene rings is 2. The number of nitrogens with two attached hydrogens (primary N) is 1. The van der Waals surface area contributed by atoms with Crippen LogP contribution in [-0.2, 0) is 0 Å². The van der Waals surface area contributed by atoms with E-state index in [0.717, 1.165) is 47.1 Å². The molecule has 4 N–H and O–H groups in total. The predicted octanol–water partition coefficient (Wildman–Crippen LogP) is 3.90. The van der Waals surface area contributed by atoms with Crippen molar-refractivity contribution < 1.29 is 9.84 Å². The maximum atomic E-state index is 10.6. The zero-order chi connectivity index (χ0) is 20.2. The molecule has 1 unspecified atom stereocenters. The van der Waals surface area contributed by atoms with E-state index >= 15 is 0 Å². The van der Waals surface area contributed by atoms with Crippen LogP contribution in [0.15, 0.2) is 42.5 Å². The molecule has 1 aliphatic rings. The molecule has 0 bridgehead atoms. The van der Waals surface area contributed by atoms with Crippen molar-refractivity contribution in [3.8, 4) is 5.75 Å². The van der Waals surface area contributed by atoms with Gasteiger partial charge in [-0.3, -0.25) is 0 Å². The maximum Gasteiger partial charge on any atom is 0.129 e. The van der Waals surface area contributed by atoms with E-state index in [0.29, 0.717) is 5.92 Å². The lowest BCUT2D eigenvalue weighted by molar-refractivity contribution is 0.0712. The fourth-order valence-electron chi connectivity index (χ4n) is 4.59. The number of H-pyrrole nitrogens is 1. The lowest BCUT2D eigenvalue weighted by Crippen LogP contribution is -2.42. The number of aromatic nitrogens is 1. The van der Waals surface area contributed by atoms with E-state index in [1.807, 2.05) is 24.3 Å². The van der Waals surface area contributed by atoms with Crippen LogP contribution in [0.4, 0.5) is 0 Å². The maximum absolute atomic E-state index is 10.6. The molecule has 2 aromatic carbocycles. The Labute approximate surface area is 172 Å². The number of para-hydroxylation sites is 1. The van der Waals surface area contributed by atoms with Crippen LogP contribution < -0.4 is 10.5 Å². The van der Waals surface area contributed by atoms with Gasteiger partial charge in [0.2, 0.25) is 0 Å². The molecule has 5 nitrogen and oxygen atoms in total. The van der Waals surface area contributed by atoms with Gasteiger partial charge in [0, 0.05) is 22.3 Å². The van der Waals surface area contributed by atoms with E-state index in [4.69, 9.17) is 10.5 Å². The number of likely N-dealkylation sites (tertiary alicyclic amines) is 1. The number of aliphatic hydroxyl groups excluding tert-OH is 1. The molecule has 0 saturated carbocycles. The molecule has 156 valence electrons. The molecule has 1 fully saturated rings. The zero-order valence-corrected chi connectivity index (χ0v) is 17.3. The third-order valence-corrected chi connectivity index (χ3v) is 6.25. The summed E-state index contributed by atoms with van der Waals surface area (Å²) in [7, 11) is 0. The second-order valence-electron chi connectivity index (χ2n) is 8.41. The molecule has 0 radical (unpaired) electrons. The van der Waals surface area contributed by atoms with E-state index in [2.05, 4.69) is 35.0 Å². The summed E-state index contributed by atoms with van der Waals surface area (Å²) in [5, 5.41) is 12.8. The summed E-state index contributed by atoms with van der Waals surface area (Å²) in [5.74, 6) is 1.39. The number of ether oxygens (including phenoxy) is 1. The summed E-state index contributed by atoms with van der Waals surface area (Å²) in [6, 6.07) is 13.9. The van der Waals surface area contributed by atoms with Gasteiger partial charge in [0.1, 0.15) is 18.5 Å². The Morgan fingerprint density at radius 3 is 2.69 bits per heavy atom. The lowest BCUT2D eigenvalue weighted by Gasteiger charge is -2.33. The first kappa shape index (κ1) is 20.2. The quantitative estimate of drug-likeness (QED) is 0.541. The predicted molar refractivity (Wildman–Crippen MR) is 119 cm³/mol. The van der Waals surface area contributed by atoms with Crippen molar-refractivity contribution in [2.75, 3.05) is 26.2 Å². The normalized spacial score (nSPS) is 18.3. The Kier molecular flexibility index (Phi) is 6.38. The topological polar surface area (TPSA) is 74.5 Å². The minimum atomic E-state index is -0.663. The molecule has 5 heteroatoms. The molecular weight excluding hydrogens is 362 g/mol. The first-order valence-electron chi connectivity index (χ1n) is 10.9. The smallest absolute Gasteiger partial charge is 0.129 e. The summed E-state index contributed by atoms with van der Waals surface area (Å²) in [5.41, 5.74) is 8.47. The molecule has 1 aliphatic heterocycles. The zero-order valence-electron chi connectivity index (χ0n) is 17.3. The Balaban J connectivity index is 1.35. The van der Waals surface area contributed by atoms with E-state index in [1.165, 1.54) is 25.8 Å². The summed E-state index contributed by atoms with van der Waals surface area (Å²) in [4.78, 5) is 5.96. The highest BCUT2D eigenvalue weighted by Crippen LogP contribution is 2.33. The van der Waals surface area contributed by atoms with Crippen molar-refractivity contribution in [2.45, 2.75) is 44.8 Å². The van der Waals surface area contributed by atoms with Crippen LogP contribution in [0.3, 0.4) is 0 Å². The summed E-state index contributed by atoms with van der Waals surface area (Å²) < 4.78 is 6.05. The third-order valence-electron chi connectivity index (χ3n) is 6.25. The number of piperidine rings is 1. The van der Waals surface area contributed by atoms with Crippen molar-refractivity contribution in [1.82, 2.24) is 9.88 Å². The van der Waals surface area contributed by atoms with E-state index in [-0.39, 0.29) is 12.6 Å². The average Bonchev–Trinajstić information content (AvgIpc) is 3.13. The fourth-order valence-corrected chi connectivity index (χ4v) is 4.59. The van der Waals surface area contributed by atoms with Gasteiger partial charge < -0.3 is 25.5 Å². The van der Waals surface area contributed by atoms with Crippen molar-refractivity contribution in [3.05, 3.63) is 42.5 Å². The standard InChI is InChI=1S/C24H33N3O2/c1-2-12-27-13-10-17(11-14-27)15-19(25)22(28)16-29-23-9-5-8-21-24(23)18-6-3-4-7-20(18)26-21/h3-9,17,19,22,26,28H,2,10-16,25H2,1H3/t19?,22-/m1/s1. The van der Waals surface area contributed by atoms with Gasteiger partial charge in [-0.25, -0.2) is 0 Å². The number of nitrogens with one attached hydrogen (secondary N) is 1. The number of aliphatic hydroxyl groups is 1. The average molecular weight is 396 g/mol. The van der Waals surface area contributed by atoms with Gasteiger partial charge in [-0.15, -0.1) is 0 Å². The molecular formula is C24H33N3O2. The van der Waals surface area contributed by atoms with Crippen molar-refractivity contribution in [3.63, 3.8) is 0 Å². The van der Waals surface area contributed by atoms with E-state index < -0.39 is 6.10 Å². The van der Waals surface area contributed by atoms with Gasteiger partial charge in [-0.1, -0.05) is 31.2 Å². The van der Waals surface area contributed by atoms with Crippen LogP contribution >= 0.6 is 0 Å². The summed E-state index contributed by atoms with van der Waals surface area (Å²) >= 11 is 0. The van der Waals surface area contributed by atoms with Crippen LogP contribution in [0.2, 0.25) is 0 Å². The van der Waals surface area contributed by atoms with Crippen LogP contribution in [-0.4, -0.2) is 53.4 Å². The minimum absolute atomic E-state index is 0.217. The molecule has 4 rings (SSSR count). The van der Waals surface area contributed by atoms with Gasteiger partial charge in [0.15, 0.2) is 0 Å². The van der Waals surface area contributed by atoms with Crippen LogP contribution in [0.1, 0.15) is 32.6 Å². The first-order valence-corrected chi connectivity index (χ1v) is 10.9. The van der Waals surface area contributed by atoms with Crippen LogP contribution in [0, 0.1) is 5.92 Å². The molecule has 2 atom stereocenters. The van der Waals surface area contributed by atoms with E-state index in [9.17, 15) is 5.11 Å². The van der Waals surface area contributed by atoms with Gasteiger partial charge >= 0.3 is 0 Å². The molecule has 0 amide bonds. The molecule has 2 heterocycles. The van der Waals surface area contributed by atoms with Crippen LogP contribution in [0.5, 0.6) is 5.75 Å². The molecule has 1 saturated heterocycles.